The van der Waals surface area contributed by atoms with Crippen molar-refractivity contribution in [1.82, 2.24) is 9.97 Å². The number of hydrogen-bond donors (Lipinski definition) is 1. The third kappa shape index (κ3) is 1.98. The molecule has 1 heterocycles. The number of fused-ring (bicyclic) bond motifs is 1. The van der Waals surface area contributed by atoms with E-state index in [9.17, 15) is 0 Å². The number of halogens is 1. The van der Waals surface area contributed by atoms with Crippen LogP contribution in [0.3, 0.4) is 0 Å². The van der Waals surface area contributed by atoms with E-state index < -0.39 is 0 Å². The summed E-state index contributed by atoms with van der Waals surface area (Å²) in [5, 5.41) is 0. The lowest BCUT2D eigenvalue weighted by molar-refractivity contribution is 1.03. The third-order valence-corrected chi connectivity index (χ3v) is 3.70. The maximum Gasteiger partial charge on any atom is 0.125 e. The maximum atomic E-state index is 4.59. The van der Waals surface area contributed by atoms with E-state index in [1.807, 2.05) is 42.5 Å². The number of nitrogens with zero attached hydrogens (tertiary/aromatic N) is 1. The average molecular weight is 287 g/mol. The second kappa shape index (κ2) is 4.34. The zero-order chi connectivity index (χ0) is 11.7. The predicted octanol–water partition coefficient (Wildman–Crippen LogP) is 4.05. The molecule has 1 atom stereocenters. The van der Waals surface area contributed by atoms with Gasteiger partial charge in [-0.2, -0.15) is 0 Å². The van der Waals surface area contributed by atoms with Crippen molar-refractivity contribution < 1.29 is 0 Å². The molecule has 0 spiro atoms. The van der Waals surface area contributed by atoms with Crippen LogP contribution in [0.1, 0.15) is 16.2 Å². The number of hydrogen-bond acceptors (Lipinski definition) is 1. The molecule has 1 unspecified atom stereocenters. The predicted molar refractivity (Wildman–Crippen MR) is 73.3 cm³/mol. The fourth-order valence-electron chi connectivity index (χ4n) is 1.87. The lowest BCUT2D eigenvalue weighted by Crippen LogP contribution is -1.94. The van der Waals surface area contributed by atoms with Gasteiger partial charge in [0.15, 0.2) is 0 Å². The van der Waals surface area contributed by atoms with E-state index in [1.165, 1.54) is 5.56 Å². The highest BCUT2D eigenvalue weighted by Gasteiger charge is 2.13. The molecule has 1 aromatic heterocycles. The number of nitrogens with one attached hydrogen (secondary N) is 1. The normalized spacial score (nSPS) is 12.8. The summed E-state index contributed by atoms with van der Waals surface area (Å²) in [5.41, 5.74) is 3.28. The van der Waals surface area contributed by atoms with Gasteiger partial charge in [0.25, 0.3) is 0 Å². The molecule has 1 N–H and O–H groups in total. The first kappa shape index (κ1) is 10.5. The Hall–Kier alpha value is -1.61. The van der Waals surface area contributed by atoms with Gasteiger partial charge in [-0.25, -0.2) is 4.98 Å². The van der Waals surface area contributed by atoms with Crippen molar-refractivity contribution in [2.75, 3.05) is 0 Å². The van der Waals surface area contributed by atoms with E-state index in [2.05, 4.69) is 38.0 Å². The molecular weight excluding hydrogens is 276 g/mol. The molecule has 3 rings (SSSR count). The standard InChI is InChI=1S/C14H11BrN2/c15-13(10-6-2-1-3-7-10)14-16-11-8-4-5-9-12(11)17-14/h1-9,13H,(H,16,17). The monoisotopic (exact) mass is 286 g/mol. The van der Waals surface area contributed by atoms with Crippen LogP contribution >= 0.6 is 15.9 Å². The fraction of sp³-hybridized carbons (Fsp3) is 0.0714. The van der Waals surface area contributed by atoms with E-state index in [1.54, 1.807) is 0 Å². The summed E-state index contributed by atoms with van der Waals surface area (Å²) in [6.45, 7) is 0. The zero-order valence-corrected chi connectivity index (χ0v) is 10.7. The number of rotatable bonds is 2. The van der Waals surface area contributed by atoms with Crippen LogP contribution in [0, 0.1) is 0 Å². The van der Waals surface area contributed by atoms with Crippen LogP contribution in [0.2, 0.25) is 0 Å². The Morgan fingerprint density at radius 1 is 0.941 bits per heavy atom. The molecule has 0 fully saturated rings. The molecule has 0 bridgehead atoms. The lowest BCUT2D eigenvalue weighted by Gasteiger charge is -2.06. The largest absolute Gasteiger partial charge is 0.341 e. The number of aromatic amines is 1. The van der Waals surface area contributed by atoms with Gasteiger partial charge >= 0.3 is 0 Å². The van der Waals surface area contributed by atoms with Gasteiger partial charge < -0.3 is 4.98 Å². The molecule has 0 aliphatic rings. The van der Waals surface area contributed by atoms with Gasteiger partial charge in [-0.15, -0.1) is 0 Å². The zero-order valence-electron chi connectivity index (χ0n) is 9.10. The van der Waals surface area contributed by atoms with Crippen molar-refractivity contribution in [2.24, 2.45) is 0 Å². The van der Waals surface area contributed by atoms with Crippen molar-refractivity contribution in [2.45, 2.75) is 4.83 Å². The second-order valence-corrected chi connectivity index (χ2v) is 4.83. The van der Waals surface area contributed by atoms with E-state index in [-0.39, 0.29) is 4.83 Å². The lowest BCUT2D eigenvalue weighted by atomic mass is 10.1. The minimum atomic E-state index is 0.107. The smallest absolute Gasteiger partial charge is 0.125 e. The minimum absolute atomic E-state index is 0.107. The molecule has 84 valence electrons. The van der Waals surface area contributed by atoms with Crippen LogP contribution in [-0.4, -0.2) is 9.97 Å². The van der Waals surface area contributed by atoms with Crippen LogP contribution in [-0.2, 0) is 0 Å². The van der Waals surface area contributed by atoms with Crippen LogP contribution in [0.25, 0.3) is 11.0 Å². The Bertz CT molecular complexity index is 598. The number of para-hydroxylation sites is 2. The fourth-order valence-corrected chi connectivity index (χ4v) is 2.39. The van der Waals surface area contributed by atoms with Crippen molar-refractivity contribution in [3.8, 4) is 0 Å². The van der Waals surface area contributed by atoms with Gasteiger partial charge in [0.2, 0.25) is 0 Å². The summed E-state index contributed by atoms with van der Waals surface area (Å²) < 4.78 is 0. The molecule has 17 heavy (non-hydrogen) atoms. The minimum Gasteiger partial charge on any atom is -0.341 e. The highest BCUT2D eigenvalue weighted by molar-refractivity contribution is 9.09. The van der Waals surface area contributed by atoms with E-state index in [4.69, 9.17) is 0 Å². The topological polar surface area (TPSA) is 28.7 Å². The molecule has 2 aromatic carbocycles. The van der Waals surface area contributed by atoms with Gasteiger partial charge in [0, 0.05) is 0 Å². The summed E-state index contributed by atoms with van der Waals surface area (Å²) in [6.07, 6.45) is 0. The van der Waals surface area contributed by atoms with Crippen LogP contribution in [0.15, 0.2) is 54.6 Å². The maximum absolute atomic E-state index is 4.59. The second-order valence-electron chi connectivity index (χ2n) is 3.91. The molecule has 0 amide bonds. The highest BCUT2D eigenvalue weighted by atomic mass is 79.9. The molecule has 3 heteroatoms. The Balaban J connectivity index is 2.04. The quantitative estimate of drug-likeness (QED) is 0.708. The molecular formula is C14H11BrN2. The highest BCUT2D eigenvalue weighted by Crippen LogP contribution is 2.29. The molecule has 0 radical (unpaired) electrons. The Morgan fingerprint density at radius 3 is 2.41 bits per heavy atom. The van der Waals surface area contributed by atoms with Gasteiger partial charge in [-0.05, 0) is 17.7 Å². The SMILES string of the molecule is BrC(c1ccccc1)c1nc2ccccc2[nH]1. The van der Waals surface area contributed by atoms with Gasteiger partial charge in [0.05, 0.1) is 15.9 Å². The van der Waals surface area contributed by atoms with E-state index in [0.29, 0.717) is 0 Å². The molecule has 2 nitrogen and oxygen atoms in total. The summed E-state index contributed by atoms with van der Waals surface area (Å²) in [7, 11) is 0. The Kier molecular flexibility index (Phi) is 2.69. The summed E-state index contributed by atoms with van der Waals surface area (Å²) >= 11 is 3.68. The number of H-pyrrole nitrogens is 1. The Morgan fingerprint density at radius 2 is 1.65 bits per heavy atom. The van der Waals surface area contributed by atoms with Crippen molar-refractivity contribution in [1.29, 1.82) is 0 Å². The first-order valence-electron chi connectivity index (χ1n) is 5.48. The van der Waals surface area contributed by atoms with E-state index >= 15 is 0 Å². The van der Waals surface area contributed by atoms with Crippen molar-refractivity contribution >= 4 is 27.0 Å². The average Bonchev–Trinajstić information content (AvgIpc) is 2.82. The molecule has 0 aliphatic carbocycles. The number of benzene rings is 2. The summed E-state index contributed by atoms with van der Waals surface area (Å²) in [4.78, 5) is 8.03. The Labute approximate surface area is 108 Å². The summed E-state index contributed by atoms with van der Waals surface area (Å²) in [6, 6.07) is 18.3. The number of alkyl halides is 1. The first-order valence-corrected chi connectivity index (χ1v) is 6.40. The molecule has 0 aliphatic heterocycles. The van der Waals surface area contributed by atoms with Crippen LogP contribution in [0.5, 0.6) is 0 Å². The molecule has 3 aromatic rings. The first-order chi connectivity index (χ1) is 8.34. The van der Waals surface area contributed by atoms with Crippen LogP contribution in [0.4, 0.5) is 0 Å². The third-order valence-electron chi connectivity index (χ3n) is 2.74. The molecule has 0 saturated carbocycles. The van der Waals surface area contributed by atoms with Crippen molar-refractivity contribution in [3.63, 3.8) is 0 Å². The van der Waals surface area contributed by atoms with Crippen LogP contribution < -0.4 is 0 Å². The van der Waals surface area contributed by atoms with Crippen molar-refractivity contribution in [3.05, 3.63) is 66.0 Å². The van der Waals surface area contributed by atoms with Gasteiger partial charge in [-0.3, -0.25) is 0 Å². The molecule has 0 saturated heterocycles. The number of aromatic nitrogens is 2. The van der Waals surface area contributed by atoms with E-state index in [0.717, 1.165) is 16.9 Å². The number of imidazole rings is 1. The van der Waals surface area contributed by atoms with Gasteiger partial charge in [-0.1, -0.05) is 58.4 Å². The summed E-state index contributed by atoms with van der Waals surface area (Å²) in [5.74, 6) is 0.942. The van der Waals surface area contributed by atoms with Gasteiger partial charge in [0.1, 0.15) is 5.82 Å².